The second-order valence-corrected chi connectivity index (χ2v) is 2.97. The maximum absolute atomic E-state index is 10.4. The summed E-state index contributed by atoms with van der Waals surface area (Å²) in [5.41, 5.74) is 0. The van der Waals surface area contributed by atoms with Crippen LogP contribution < -0.4 is 0 Å². The van der Waals surface area contributed by atoms with Crippen molar-refractivity contribution in [2.75, 3.05) is 0 Å². The molecule has 0 rings (SSSR count). The quantitative estimate of drug-likeness (QED) is 0.596. The normalized spacial score (nSPS) is 12.4. The Hall–Kier alpha value is -0.860. The average Bonchev–Trinajstić information content (AvgIpc) is 2.05. The number of rotatable bonds is 7. The first kappa shape index (κ1) is 11.1. The van der Waals surface area contributed by atoms with Crippen molar-refractivity contribution in [2.24, 2.45) is 5.92 Å². The van der Waals surface area contributed by atoms with Crippen molar-refractivity contribution in [3.05, 3.63) is 0 Å². The first-order valence-electron chi connectivity index (χ1n) is 4.37. The average molecular weight is 172 g/mol. The molecule has 12 heavy (non-hydrogen) atoms. The predicted octanol–water partition coefficient (Wildman–Crippen LogP) is 1.86. The Morgan fingerprint density at radius 2 is 2.17 bits per heavy atom. The van der Waals surface area contributed by atoms with Gasteiger partial charge in [-0.1, -0.05) is 19.8 Å². The standard InChI is InChI=1S/C9H16O3/c1-2-3-4-8(7-10)5-6-9(11)12/h7-8H,2-6H2,1H3,(H,11,12)/t8-/m0/s1. The Kier molecular flexibility index (Phi) is 6.34. The summed E-state index contributed by atoms with van der Waals surface area (Å²) < 4.78 is 0. The predicted molar refractivity (Wildman–Crippen MR) is 45.9 cm³/mol. The van der Waals surface area contributed by atoms with Gasteiger partial charge in [0.15, 0.2) is 0 Å². The lowest BCUT2D eigenvalue weighted by Gasteiger charge is -2.06. The van der Waals surface area contributed by atoms with Crippen molar-refractivity contribution in [3.8, 4) is 0 Å². The third kappa shape index (κ3) is 5.89. The number of hydrogen-bond acceptors (Lipinski definition) is 2. The van der Waals surface area contributed by atoms with E-state index >= 15 is 0 Å². The van der Waals surface area contributed by atoms with E-state index in [0.717, 1.165) is 25.5 Å². The monoisotopic (exact) mass is 172 g/mol. The van der Waals surface area contributed by atoms with Crippen LogP contribution in [-0.2, 0) is 9.59 Å². The SMILES string of the molecule is CCCC[C@H](C=O)CCC(=O)O. The molecule has 0 heterocycles. The second kappa shape index (κ2) is 6.83. The zero-order valence-corrected chi connectivity index (χ0v) is 7.45. The molecule has 0 aliphatic rings. The maximum Gasteiger partial charge on any atom is 0.303 e. The summed E-state index contributed by atoms with van der Waals surface area (Å²) in [7, 11) is 0. The topological polar surface area (TPSA) is 54.4 Å². The Labute approximate surface area is 72.8 Å². The smallest absolute Gasteiger partial charge is 0.303 e. The van der Waals surface area contributed by atoms with Crippen LogP contribution in [0, 0.1) is 5.92 Å². The minimum absolute atomic E-state index is 0.0546. The Bertz CT molecular complexity index is 143. The number of carbonyl (C=O) groups excluding carboxylic acids is 1. The number of carboxylic acids is 1. The maximum atomic E-state index is 10.4. The molecule has 0 amide bonds. The molecule has 3 heteroatoms. The van der Waals surface area contributed by atoms with E-state index in [1.165, 1.54) is 0 Å². The van der Waals surface area contributed by atoms with Gasteiger partial charge < -0.3 is 9.90 Å². The van der Waals surface area contributed by atoms with Crippen LogP contribution in [0.4, 0.5) is 0 Å². The van der Waals surface area contributed by atoms with Crippen molar-refractivity contribution in [1.82, 2.24) is 0 Å². The van der Waals surface area contributed by atoms with E-state index in [9.17, 15) is 9.59 Å². The lowest BCUT2D eigenvalue weighted by Crippen LogP contribution is -2.05. The van der Waals surface area contributed by atoms with Crippen LogP contribution in [0.3, 0.4) is 0 Å². The largest absolute Gasteiger partial charge is 0.481 e. The van der Waals surface area contributed by atoms with Gasteiger partial charge in [-0.2, -0.15) is 0 Å². The van der Waals surface area contributed by atoms with Crippen LogP contribution in [0.1, 0.15) is 39.0 Å². The molecule has 0 aromatic carbocycles. The van der Waals surface area contributed by atoms with E-state index in [4.69, 9.17) is 5.11 Å². The van der Waals surface area contributed by atoms with Crippen molar-refractivity contribution in [3.63, 3.8) is 0 Å². The highest BCUT2D eigenvalue weighted by Gasteiger charge is 2.08. The second-order valence-electron chi connectivity index (χ2n) is 2.97. The van der Waals surface area contributed by atoms with E-state index in [-0.39, 0.29) is 12.3 Å². The summed E-state index contributed by atoms with van der Waals surface area (Å²) in [5, 5.41) is 8.37. The summed E-state index contributed by atoms with van der Waals surface area (Å²) in [4.78, 5) is 20.6. The minimum Gasteiger partial charge on any atom is -0.481 e. The van der Waals surface area contributed by atoms with Gasteiger partial charge in [0.2, 0.25) is 0 Å². The van der Waals surface area contributed by atoms with Gasteiger partial charge >= 0.3 is 5.97 Å². The number of unbranched alkanes of at least 4 members (excludes halogenated alkanes) is 1. The van der Waals surface area contributed by atoms with Crippen LogP contribution in [0.15, 0.2) is 0 Å². The molecule has 0 bridgehead atoms. The van der Waals surface area contributed by atoms with Crippen LogP contribution >= 0.6 is 0 Å². The molecule has 1 atom stereocenters. The number of carboxylic acid groups (broad SMARTS) is 1. The first-order chi connectivity index (χ1) is 5.70. The summed E-state index contributed by atoms with van der Waals surface area (Å²) in [5.74, 6) is -0.876. The van der Waals surface area contributed by atoms with Crippen molar-refractivity contribution < 1.29 is 14.7 Å². The molecule has 0 aliphatic carbocycles. The summed E-state index contributed by atoms with van der Waals surface area (Å²) >= 11 is 0. The van der Waals surface area contributed by atoms with Crippen molar-refractivity contribution in [2.45, 2.75) is 39.0 Å². The molecule has 0 aliphatic heterocycles. The van der Waals surface area contributed by atoms with Gasteiger partial charge in [0, 0.05) is 12.3 Å². The van der Waals surface area contributed by atoms with Crippen LogP contribution in [-0.4, -0.2) is 17.4 Å². The molecular formula is C9H16O3. The van der Waals surface area contributed by atoms with Crippen molar-refractivity contribution in [1.29, 1.82) is 0 Å². The van der Waals surface area contributed by atoms with Crippen molar-refractivity contribution >= 4 is 12.3 Å². The fraction of sp³-hybridized carbons (Fsp3) is 0.778. The molecule has 1 N–H and O–H groups in total. The molecule has 0 fully saturated rings. The Balaban J connectivity index is 3.52. The molecular weight excluding hydrogens is 156 g/mol. The number of carbonyl (C=O) groups is 2. The van der Waals surface area contributed by atoms with E-state index in [0.29, 0.717) is 6.42 Å². The lowest BCUT2D eigenvalue weighted by molar-refractivity contribution is -0.137. The third-order valence-corrected chi connectivity index (χ3v) is 1.85. The molecule has 70 valence electrons. The zero-order chi connectivity index (χ0) is 9.40. The Morgan fingerprint density at radius 1 is 1.50 bits per heavy atom. The Morgan fingerprint density at radius 3 is 2.58 bits per heavy atom. The van der Waals surface area contributed by atoms with Gasteiger partial charge in [0.1, 0.15) is 6.29 Å². The highest BCUT2D eigenvalue weighted by Crippen LogP contribution is 2.11. The summed E-state index contributed by atoms with van der Waals surface area (Å²) in [6.45, 7) is 2.05. The highest BCUT2D eigenvalue weighted by molar-refractivity contribution is 5.67. The van der Waals surface area contributed by atoms with Crippen LogP contribution in [0.25, 0.3) is 0 Å². The summed E-state index contributed by atoms with van der Waals surface area (Å²) in [6, 6.07) is 0. The number of hydrogen-bond donors (Lipinski definition) is 1. The van der Waals surface area contributed by atoms with Gasteiger partial charge in [-0.3, -0.25) is 4.79 Å². The third-order valence-electron chi connectivity index (χ3n) is 1.85. The molecule has 0 aromatic rings. The first-order valence-corrected chi connectivity index (χ1v) is 4.37. The van der Waals surface area contributed by atoms with Gasteiger partial charge in [0.05, 0.1) is 0 Å². The lowest BCUT2D eigenvalue weighted by atomic mass is 9.98. The number of aldehydes is 1. The van der Waals surface area contributed by atoms with Gasteiger partial charge in [-0.05, 0) is 12.8 Å². The summed E-state index contributed by atoms with van der Waals surface area (Å²) in [6.07, 6.45) is 4.35. The van der Waals surface area contributed by atoms with Crippen LogP contribution in [0.2, 0.25) is 0 Å². The van der Waals surface area contributed by atoms with Gasteiger partial charge in [-0.25, -0.2) is 0 Å². The van der Waals surface area contributed by atoms with Crippen LogP contribution in [0.5, 0.6) is 0 Å². The molecule has 3 nitrogen and oxygen atoms in total. The molecule has 0 radical (unpaired) electrons. The van der Waals surface area contributed by atoms with E-state index in [1.54, 1.807) is 0 Å². The zero-order valence-electron chi connectivity index (χ0n) is 7.45. The van der Waals surface area contributed by atoms with E-state index < -0.39 is 5.97 Å². The molecule has 0 saturated carbocycles. The molecule has 0 aromatic heterocycles. The van der Waals surface area contributed by atoms with Gasteiger partial charge in [0.25, 0.3) is 0 Å². The van der Waals surface area contributed by atoms with Gasteiger partial charge in [-0.15, -0.1) is 0 Å². The fourth-order valence-electron chi connectivity index (χ4n) is 1.06. The number of aliphatic carboxylic acids is 1. The minimum atomic E-state index is -0.821. The van der Waals surface area contributed by atoms with E-state index in [2.05, 4.69) is 6.92 Å². The van der Waals surface area contributed by atoms with E-state index in [1.807, 2.05) is 0 Å². The molecule has 0 unspecified atom stereocenters. The molecule has 0 saturated heterocycles. The highest BCUT2D eigenvalue weighted by atomic mass is 16.4. The molecule has 0 spiro atoms. The fourth-order valence-corrected chi connectivity index (χ4v) is 1.06.